The fourth-order valence-electron chi connectivity index (χ4n) is 4.20. The van der Waals surface area contributed by atoms with E-state index in [-0.39, 0.29) is 11.7 Å². The van der Waals surface area contributed by atoms with Crippen molar-refractivity contribution >= 4 is 16.8 Å². The molecule has 0 bridgehead atoms. The van der Waals surface area contributed by atoms with Gasteiger partial charge >= 0.3 is 0 Å². The molecule has 1 saturated heterocycles. The highest BCUT2D eigenvalue weighted by Crippen LogP contribution is 2.35. The topological polar surface area (TPSA) is 56.2 Å². The van der Waals surface area contributed by atoms with Gasteiger partial charge in [0.05, 0.1) is 16.6 Å². The van der Waals surface area contributed by atoms with Crippen molar-refractivity contribution in [3.8, 4) is 0 Å². The van der Waals surface area contributed by atoms with Gasteiger partial charge in [0.25, 0.3) is 0 Å². The van der Waals surface area contributed by atoms with Crippen molar-refractivity contribution in [2.45, 2.75) is 38.1 Å². The molecule has 2 heterocycles. The van der Waals surface area contributed by atoms with E-state index in [0.717, 1.165) is 35.1 Å². The SMILES string of the molecule is Cc1nn(CCCNC(=O)C2(c3ccc(F)cc3)CCOCC2)c2ccccc12. The van der Waals surface area contributed by atoms with E-state index in [0.29, 0.717) is 32.6 Å². The predicted octanol–water partition coefficient (Wildman–Crippen LogP) is 3.74. The average molecular weight is 395 g/mol. The Morgan fingerprint density at radius 2 is 1.90 bits per heavy atom. The molecule has 1 aromatic heterocycles. The molecule has 5 nitrogen and oxygen atoms in total. The summed E-state index contributed by atoms with van der Waals surface area (Å²) in [6, 6.07) is 14.5. The van der Waals surface area contributed by atoms with Gasteiger partial charge in [0.15, 0.2) is 0 Å². The fourth-order valence-corrected chi connectivity index (χ4v) is 4.20. The highest BCUT2D eigenvalue weighted by molar-refractivity contribution is 5.88. The molecule has 0 unspecified atom stereocenters. The second-order valence-corrected chi connectivity index (χ2v) is 7.64. The lowest BCUT2D eigenvalue weighted by Crippen LogP contribution is -2.48. The summed E-state index contributed by atoms with van der Waals surface area (Å²) in [5.74, 6) is -0.299. The van der Waals surface area contributed by atoms with E-state index in [9.17, 15) is 9.18 Å². The van der Waals surface area contributed by atoms with Crippen LogP contribution in [0, 0.1) is 12.7 Å². The van der Waals surface area contributed by atoms with Crippen molar-refractivity contribution in [3.63, 3.8) is 0 Å². The minimum Gasteiger partial charge on any atom is -0.381 e. The summed E-state index contributed by atoms with van der Waals surface area (Å²) in [6.07, 6.45) is 1.99. The van der Waals surface area contributed by atoms with Gasteiger partial charge in [-0.05, 0) is 49.9 Å². The standard InChI is InChI=1S/C23H26FN3O2/c1-17-20-5-2-3-6-21(20)27(26-17)14-4-13-25-22(28)23(11-15-29-16-12-23)18-7-9-19(24)10-8-18/h2-3,5-10H,4,11-16H2,1H3,(H,25,28). The van der Waals surface area contributed by atoms with Crippen LogP contribution in [0.2, 0.25) is 0 Å². The van der Waals surface area contributed by atoms with Gasteiger partial charge in [-0.3, -0.25) is 9.48 Å². The van der Waals surface area contributed by atoms with E-state index in [1.54, 1.807) is 12.1 Å². The third-order valence-corrected chi connectivity index (χ3v) is 5.85. The molecule has 0 atom stereocenters. The van der Waals surface area contributed by atoms with E-state index in [1.807, 2.05) is 23.7 Å². The number of halogens is 1. The van der Waals surface area contributed by atoms with Crippen LogP contribution in [-0.4, -0.2) is 35.4 Å². The Morgan fingerprint density at radius 1 is 1.17 bits per heavy atom. The summed E-state index contributed by atoms with van der Waals surface area (Å²) < 4.78 is 20.9. The van der Waals surface area contributed by atoms with Gasteiger partial charge in [-0.1, -0.05) is 30.3 Å². The molecule has 1 aliphatic rings. The van der Waals surface area contributed by atoms with Crippen LogP contribution in [-0.2, 0) is 21.5 Å². The lowest BCUT2D eigenvalue weighted by molar-refractivity contribution is -0.130. The summed E-state index contributed by atoms with van der Waals surface area (Å²) in [6.45, 7) is 4.38. The molecule has 1 aliphatic heterocycles. The first-order valence-electron chi connectivity index (χ1n) is 10.1. The number of rotatable bonds is 6. The molecule has 152 valence electrons. The van der Waals surface area contributed by atoms with Crippen molar-refractivity contribution < 1.29 is 13.9 Å². The molecule has 1 N–H and O–H groups in total. The minimum atomic E-state index is -0.652. The maximum Gasteiger partial charge on any atom is 0.230 e. The lowest BCUT2D eigenvalue weighted by Gasteiger charge is -2.36. The molecule has 3 aromatic rings. The zero-order chi connectivity index (χ0) is 20.3. The van der Waals surface area contributed by atoms with Crippen LogP contribution in [0.3, 0.4) is 0 Å². The summed E-state index contributed by atoms with van der Waals surface area (Å²) in [5.41, 5.74) is 2.33. The summed E-state index contributed by atoms with van der Waals surface area (Å²) in [7, 11) is 0. The highest BCUT2D eigenvalue weighted by atomic mass is 19.1. The molecule has 2 aromatic carbocycles. The third-order valence-electron chi connectivity index (χ3n) is 5.85. The Labute approximate surface area is 169 Å². The zero-order valence-electron chi connectivity index (χ0n) is 16.7. The molecular weight excluding hydrogens is 369 g/mol. The first kappa shape index (κ1) is 19.6. The first-order valence-corrected chi connectivity index (χ1v) is 10.1. The number of nitrogens with one attached hydrogen (secondary N) is 1. The van der Waals surface area contributed by atoms with Crippen molar-refractivity contribution in [1.29, 1.82) is 0 Å². The summed E-state index contributed by atoms with van der Waals surface area (Å²) >= 11 is 0. The summed E-state index contributed by atoms with van der Waals surface area (Å²) in [4.78, 5) is 13.2. The van der Waals surface area contributed by atoms with Crippen LogP contribution in [0.5, 0.6) is 0 Å². The molecule has 29 heavy (non-hydrogen) atoms. The Kier molecular flexibility index (Phi) is 5.62. The number of carbonyl (C=O) groups is 1. The average Bonchev–Trinajstić information content (AvgIpc) is 3.08. The molecule has 1 fully saturated rings. The van der Waals surface area contributed by atoms with Gasteiger partial charge in [0, 0.05) is 31.7 Å². The smallest absolute Gasteiger partial charge is 0.230 e. The minimum absolute atomic E-state index is 0.00564. The zero-order valence-corrected chi connectivity index (χ0v) is 16.7. The number of fused-ring (bicyclic) bond motifs is 1. The molecule has 0 saturated carbocycles. The normalized spacial score (nSPS) is 16.1. The van der Waals surface area contributed by atoms with Gasteiger partial charge in [-0.15, -0.1) is 0 Å². The maximum atomic E-state index is 13.4. The second kappa shape index (κ2) is 8.33. The fraction of sp³-hybridized carbons (Fsp3) is 0.391. The Bertz CT molecular complexity index is 991. The molecule has 0 spiro atoms. The Morgan fingerprint density at radius 3 is 2.66 bits per heavy atom. The molecular formula is C23H26FN3O2. The van der Waals surface area contributed by atoms with E-state index in [4.69, 9.17) is 4.74 Å². The number of carbonyl (C=O) groups excluding carboxylic acids is 1. The molecule has 1 amide bonds. The number of hydrogen-bond donors (Lipinski definition) is 1. The molecule has 0 aliphatic carbocycles. The largest absolute Gasteiger partial charge is 0.381 e. The lowest BCUT2D eigenvalue weighted by atomic mass is 9.73. The molecule has 0 radical (unpaired) electrons. The van der Waals surface area contributed by atoms with Gasteiger partial charge in [0.2, 0.25) is 5.91 Å². The van der Waals surface area contributed by atoms with Gasteiger partial charge in [-0.2, -0.15) is 5.10 Å². The van der Waals surface area contributed by atoms with Crippen molar-refractivity contribution in [1.82, 2.24) is 15.1 Å². The number of amides is 1. The van der Waals surface area contributed by atoms with Crippen molar-refractivity contribution in [2.75, 3.05) is 19.8 Å². The number of ether oxygens (including phenoxy) is 1. The number of hydrogen-bond acceptors (Lipinski definition) is 3. The number of nitrogens with zero attached hydrogens (tertiary/aromatic N) is 2. The first-order chi connectivity index (χ1) is 14.1. The van der Waals surface area contributed by atoms with Crippen LogP contribution in [0.15, 0.2) is 48.5 Å². The van der Waals surface area contributed by atoms with E-state index in [2.05, 4.69) is 22.5 Å². The third kappa shape index (κ3) is 3.90. The van der Waals surface area contributed by atoms with Gasteiger partial charge < -0.3 is 10.1 Å². The monoisotopic (exact) mass is 395 g/mol. The van der Waals surface area contributed by atoms with Crippen LogP contribution in [0.4, 0.5) is 4.39 Å². The second-order valence-electron chi connectivity index (χ2n) is 7.64. The van der Waals surface area contributed by atoms with Crippen LogP contribution in [0.1, 0.15) is 30.5 Å². The predicted molar refractivity (Wildman–Crippen MR) is 110 cm³/mol. The highest BCUT2D eigenvalue weighted by Gasteiger charge is 2.41. The molecule has 6 heteroatoms. The van der Waals surface area contributed by atoms with E-state index < -0.39 is 5.41 Å². The van der Waals surface area contributed by atoms with Gasteiger partial charge in [0.1, 0.15) is 5.82 Å². The Hall–Kier alpha value is -2.73. The number of para-hydroxylation sites is 1. The van der Waals surface area contributed by atoms with E-state index in [1.165, 1.54) is 12.1 Å². The quantitative estimate of drug-likeness (QED) is 0.647. The van der Waals surface area contributed by atoms with Crippen molar-refractivity contribution in [2.24, 2.45) is 0 Å². The Balaban J connectivity index is 1.41. The number of aryl methyl sites for hydroxylation is 2. The van der Waals surface area contributed by atoms with Crippen LogP contribution < -0.4 is 5.32 Å². The maximum absolute atomic E-state index is 13.4. The van der Waals surface area contributed by atoms with Crippen molar-refractivity contribution in [3.05, 3.63) is 65.6 Å². The van der Waals surface area contributed by atoms with E-state index >= 15 is 0 Å². The number of benzene rings is 2. The number of aromatic nitrogens is 2. The molecule has 4 rings (SSSR count). The summed E-state index contributed by atoms with van der Waals surface area (Å²) in [5, 5.41) is 8.88. The van der Waals surface area contributed by atoms with Crippen LogP contribution in [0.25, 0.3) is 10.9 Å². The van der Waals surface area contributed by atoms with Gasteiger partial charge in [-0.25, -0.2) is 4.39 Å². The van der Waals surface area contributed by atoms with Crippen LogP contribution >= 0.6 is 0 Å².